The standard InChI is InChI=1S/C24H20N4O5S.Cu/c1-14-11-19(26-25-18-9-5-6-10-21(18)29)20(12-15(14)2)27-28-23-22(34-33-32-31)13-16-7-3-4-8-17(16)24(23)30;/h3-13,29-31H,1-2H3;. The van der Waals surface area contributed by atoms with E-state index in [0.29, 0.717) is 39.4 Å². The summed E-state index contributed by atoms with van der Waals surface area (Å²) in [6.07, 6.45) is 0. The topological polar surface area (TPSA) is 129 Å². The molecule has 4 aromatic carbocycles. The van der Waals surface area contributed by atoms with Crippen molar-refractivity contribution in [1.82, 2.24) is 0 Å². The van der Waals surface area contributed by atoms with Crippen molar-refractivity contribution in [2.24, 2.45) is 20.5 Å². The molecule has 1 radical (unpaired) electrons. The summed E-state index contributed by atoms with van der Waals surface area (Å²) in [4.78, 5) is 0.371. The fourth-order valence-corrected chi connectivity index (χ4v) is 3.71. The Bertz CT molecular complexity index is 1410. The zero-order valence-electron chi connectivity index (χ0n) is 18.5. The molecule has 0 bridgehead atoms. The summed E-state index contributed by atoms with van der Waals surface area (Å²) >= 11 is 0.674. The number of benzene rings is 4. The maximum atomic E-state index is 10.9. The Balaban J connectivity index is 0.00000342. The van der Waals surface area contributed by atoms with Gasteiger partial charge in [-0.3, -0.25) is 0 Å². The third kappa shape index (κ3) is 6.04. The number of phenols is 2. The van der Waals surface area contributed by atoms with E-state index in [9.17, 15) is 10.2 Å². The molecule has 11 heteroatoms. The molecule has 9 nitrogen and oxygen atoms in total. The second-order valence-corrected chi connectivity index (χ2v) is 8.08. The van der Waals surface area contributed by atoms with E-state index in [-0.39, 0.29) is 34.3 Å². The maximum absolute atomic E-state index is 10.9. The van der Waals surface area contributed by atoms with Gasteiger partial charge in [0.1, 0.15) is 28.5 Å². The Kier molecular flexibility index (Phi) is 8.94. The first kappa shape index (κ1) is 26.3. The Morgan fingerprint density at radius 2 is 1.34 bits per heavy atom. The van der Waals surface area contributed by atoms with Gasteiger partial charge in [-0.15, -0.1) is 24.8 Å². The molecule has 0 fully saturated rings. The number of rotatable bonds is 7. The van der Waals surface area contributed by atoms with Crippen LogP contribution in [0.2, 0.25) is 0 Å². The van der Waals surface area contributed by atoms with E-state index in [0.717, 1.165) is 16.5 Å². The zero-order valence-corrected chi connectivity index (χ0v) is 20.3. The number of hydrogen-bond acceptors (Lipinski definition) is 10. The van der Waals surface area contributed by atoms with Crippen molar-refractivity contribution >= 4 is 45.6 Å². The van der Waals surface area contributed by atoms with Crippen molar-refractivity contribution in [2.75, 3.05) is 0 Å². The normalized spacial score (nSPS) is 11.4. The average molecular weight is 540 g/mol. The van der Waals surface area contributed by atoms with Crippen LogP contribution in [0.4, 0.5) is 22.7 Å². The van der Waals surface area contributed by atoms with Gasteiger partial charge in [0, 0.05) is 22.5 Å². The number of nitrogens with zero attached hydrogens (tertiary/aromatic N) is 4. The van der Waals surface area contributed by atoms with Gasteiger partial charge in [-0.25, -0.2) is 5.26 Å². The summed E-state index contributed by atoms with van der Waals surface area (Å²) in [6.45, 7) is 3.87. The van der Waals surface area contributed by atoms with Gasteiger partial charge in [0.15, 0.2) is 5.75 Å². The predicted molar refractivity (Wildman–Crippen MR) is 129 cm³/mol. The van der Waals surface area contributed by atoms with Crippen LogP contribution in [0.1, 0.15) is 11.1 Å². The minimum absolute atomic E-state index is 0. The molecule has 0 aliphatic heterocycles. The van der Waals surface area contributed by atoms with Gasteiger partial charge < -0.3 is 10.2 Å². The van der Waals surface area contributed by atoms with Crippen molar-refractivity contribution in [3.8, 4) is 11.5 Å². The van der Waals surface area contributed by atoms with Crippen molar-refractivity contribution < 1.29 is 41.9 Å². The van der Waals surface area contributed by atoms with E-state index < -0.39 is 0 Å². The molecule has 0 atom stereocenters. The molecule has 0 unspecified atom stereocenters. The molecule has 0 saturated carbocycles. The first-order chi connectivity index (χ1) is 16.5. The SMILES string of the molecule is Cc1cc(N=Nc2ccccc2O)c(N=Nc2c(SOOO)cc3ccccc3c2O)cc1C.[Cu]. The molecule has 0 saturated heterocycles. The van der Waals surface area contributed by atoms with Crippen LogP contribution in [0.25, 0.3) is 10.8 Å². The van der Waals surface area contributed by atoms with Gasteiger partial charge in [0.05, 0.1) is 16.9 Å². The summed E-state index contributed by atoms with van der Waals surface area (Å²) in [6, 6.07) is 19.1. The molecule has 183 valence electrons. The minimum Gasteiger partial charge on any atom is -0.506 e. The van der Waals surface area contributed by atoms with Crippen LogP contribution in [0.15, 0.2) is 92.1 Å². The number of aryl methyl sites for hydroxylation is 2. The molecule has 0 aliphatic rings. The number of hydrogen-bond donors (Lipinski definition) is 3. The first-order valence-corrected chi connectivity index (χ1v) is 10.8. The Hall–Kier alpha value is -3.31. The molecule has 0 aromatic heterocycles. The van der Waals surface area contributed by atoms with Gasteiger partial charge in [-0.05, 0) is 60.7 Å². The minimum atomic E-state index is -0.105. The van der Waals surface area contributed by atoms with Crippen molar-refractivity contribution in [2.45, 2.75) is 18.7 Å². The van der Waals surface area contributed by atoms with Crippen LogP contribution in [0.3, 0.4) is 0 Å². The van der Waals surface area contributed by atoms with Gasteiger partial charge in [-0.2, -0.15) is 0 Å². The van der Waals surface area contributed by atoms with Gasteiger partial charge in [0.25, 0.3) is 0 Å². The number of fused-ring (bicyclic) bond motifs is 1. The summed E-state index contributed by atoms with van der Waals surface area (Å²) in [5, 5.41) is 51.4. The van der Waals surface area contributed by atoms with E-state index in [2.05, 4.69) is 29.8 Å². The fraction of sp³-hybridized carbons (Fsp3) is 0.0833. The second kappa shape index (κ2) is 11.9. The molecule has 35 heavy (non-hydrogen) atoms. The third-order valence-electron chi connectivity index (χ3n) is 5.11. The monoisotopic (exact) mass is 539 g/mol. The molecular formula is C24H20CuN4O5S. The Morgan fingerprint density at radius 1 is 0.743 bits per heavy atom. The van der Waals surface area contributed by atoms with Crippen LogP contribution in [-0.2, 0) is 26.4 Å². The summed E-state index contributed by atoms with van der Waals surface area (Å²) < 4.78 is 4.58. The van der Waals surface area contributed by atoms with Crippen LogP contribution in [0.5, 0.6) is 11.5 Å². The predicted octanol–water partition coefficient (Wildman–Crippen LogP) is 8.12. The molecule has 3 N–H and O–H groups in total. The van der Waals surface area contributed by atoms with Crippen LogP contribution in [0, 0.1) is 13.8 Å². The number of aromatic hydroxyl groups is 2. The third-order valence-corrected chi connectivity index (χ3v) is 5.73. The second-order valence-electron chi connectivity index (χ2n) is 7.33. The van der Waals surface area contributed by atoms with Crippen molar-refractivity contribution in [3.05, 3.63) is 77.9 Å². The van der Waals surface area contributed by atoms with Gasteiger partial charge in [-0.1, -0.05) is 41.4 Å². The van der Waals surface area contributed by atoms with E-state index >= 15 is 0 Å². The van der Waals surface area contributed by atoms with Crippen LogP contribution < -0.4 is 0 Å². The number of phenolic OH excluding ortho intramolecular Hbond substituents is 2. The Labute approximate surface area is 215 Å². The Morgan fingerprint density at radius 3 is 2.03 bits per heavy atom. The van der Waals surface area contributed by atoms with Crippen molar-refractivity contribution in [3.63, 3.8) is 0 Å². The van der Waals surface area contributed by atoms with Crippen molar-refractivity contribution in [1.29, 1.82) is 0 Å². The summed E-state index contributed by atoms with van der Waals surface area (Å²) in [5.41, 5.74) is 3.22. The number of para-hydroxylation sites is 1. The van der Waals surface area contributed by atoms with Crippen LogP contribution in [-0.4, -0.2) is 15.5 Å². The first-order valence-electron chi connectivity index (χ1n) is 10.1. The zero-order chi connectivity index (χ0) is 24.1. The van der Waals surface area contributed by atoms with E-state index in [1.54, 1.807) is 42.5 Å². The van der Waals surface area contributed by atoms with Gasteiger partial charge >= 0.3 is 0 Å². The number of azo groups is 2. The molecule has 0 spiro atoms. The summed E-state index contributed by atoms with van der Waals surface area (Å²) in [7, 11) is 0. The van der Waals surface area contributed by atoms with Gasteiger partial charge in [0.2, 0.25) is 0 Å². The average Bonchev–Trinajstić information content (AvgIpc) is 2.84. The largest absolute Gasteiger partial charge is 0.506 e. The molecule has 0 amide bonds. The smallest absolute Gasteiger partial charge is 0.152 e. The molecule has 0 heterocycles. The maximum Gasteiger partial charge on any atom is 0.152 e. The van der Waals surface area contributed by atoms with E-state index in [1.165, 1.54) is 6.07 Å². The molecular weight excluding hydrogens is 520 g/mol. The molecule has 4 rings (SSSR count). The quantitative estimate of drug-likeness (QED) is 0.0714. The fourth-order valence-electron chi connectivity index (χ4n) is 3.21. The molecule has 4 aromatic rings. The summed E-state index contributed by atoms with van der Waals surface area (Å²) in [5.74, 6) is -0.0979. The molecule has 0 aliphatic carbocycles. The van der Waals surface area contributed by atoms with E-state index in [1.807, 2.05) is 32.0 Å². The van der Waals surface area contributed by atoms with E-state index in [4.69, 9.17) is 5.26 Å². The van der Waals surface area contributed by atoms with Crippen LogP contribution >= 0.6 is 12.0 Å².